The zero-order valence-electron chi connectivity index (χ0n) is 14.3. The standard InChI is InChI=1S/C17H29N3O2S/c1-4-12-9-13(14-5-6-20-11-16(14)19-2)10-15(18)17(12)23(21)8-7-22-3/h5-6,11-13,15,17,19H,4,7-10,18H2,1-3H3. The van der Waals surface area contributed by atoms with E-state index in [2.05, 4.69) is 23.3 Å². The third kappa shape index (κ3) is 4.31. The molecule has 0 bridgehead atoms. The van der Waals surface area contributed by atoms with E-state index in [4.69, 9.17) is 10.5 Å². The summed E-state index contributed by atoms with van der Waals surface area (Å²) in [6.45, 7) is 2.70. The van der Waals surface area contributed by atoms with Crippen LogP contribution in [0.2, 0.25) is 0 Å². The van der Waals surface area contributed by atoms with Gasteiger partial charge in [-0.15, -0.1) is 0 Å². The van der Waals surface area contributed by atoms with Gasteiger partial charge in [0.25, 0.3) is 0 Å². The van der Waals surface area contributed by atoms with Crippen LogP contribution in [0.3, 0.4) is 0 Å². The second kappa shape index (κ2) is 8.76. The van der Waals surface area contributed by atoms with E-state index in [9.17, 15) is 4.21 Å². The molecular weight excluding hydrogens is 310 g/mol. The lowest BCUT2D eigenvalue weighted by Gasteiger charge is -2.40. The van der Waals surface area contributed by atoms with Crippen molar-refractivity contribution in [3.05, 3.63) is 24.0 Å². The first-order valence-corrected chi connectivity index (χ1v) is 9.73. The molecule has 1 aromatic heterocycles. The average Bonchev–Trinajstić information content (AvgIpc) is 2.58. The smallest absolute Gasteiger partial charge is 0.0577 e. The molecule has 0 aromatic carbocycles. The zero-order valence-corrected chi connectivity index (χ0v) is 15.1. The summed E-state index contributed by atoms with van der Waals surface area (Å²) >= 11 is 0. The van der Waals surface area contributed by atoms with E-state index in [1.54, 1.807) is 7.11 Å². The largest absolute Gasteiger partial charge is 0.387 e. The van der Waals surface area contributed by atoms with Crippen molar-refractivity contribution in [2.45, 2.75) is 43.4 Å². The molecule has 3 N–H and O–H groups in total. The lowest BCUT2D eigenvalue weighted by Crippen LogP contribution is -2.48. The van der Waals surface area contributed by atoms with Crippen molar-refractivity contribution in [1.82, 2.24) is 4.98 Å². The number of hydrogen-bond acceptors (Lipinski definition) is 5. The minimum absolute atomic E-state index is 0.0331. The quantitative estimate of drug-likeness (QED) is 0.796. The fraction of sp³-hybridized carbons (Fsp3) is 0.706. The van der Waals surface area contributed by atoms with E-state index in [1.165, 1.54) is 5.56 Å². The molecule has 0 aliphatic heterocycles. The molecule has 1 aliphatic rings. The first-order valence-electron chi connectivity index (χ1n) is 8.35. The van der Waals surface area contributed by atoms with E-state index in [0.717, 1.165) is 24.9 Å². The van der Waals surface area contributed by atoms with Crippen molar-refractivity contribution in [3.8, 4) is 0 Å². The number of ether oxygens (including phenoxy) is 1. The molecule has 5 atom stereocenters. The number of rotatable bonds is 7. The predicted octanol–water partition coefficient (Wildman–Crippen LogP) is 2.12. The summed E-state index contributed by atoms with van der Waals surface area (Å²) in [5.74, 6) is 1.36. The number of aromatic nitrogens is 1. The van der Waals surface area contributed by atoms with Gasteiger partial charge in [-0.1, -0.05) is 13.3 Å². The Hall–Kier alpha value is -0.980. The van der Waals surface area contributed by atoms with Gasteiger partial charge >= 0.3 is 0 Å². The zero-order chi connectivity index (χ0) is 16.8. The Morgan fingerprint density at radius 1 is 1.48 bits per heavy atom. The number of nitrogens with two attached hydrogens (primary N) is 1. The Kier molecular flexibility index (Phi) is 6.99. The minimum Gasteiger partial charge on any atom is -0.387 e. The van der Waals surface area contributed by atoms with Crippen LogP contribution in [0.1, 0.15) is 37.7 Å². The molecule has 1 saturated carbocycles. The lowest BCUT2D eigenvalue weighted by molar-refractivity contribution is 0.217. The maximum atomic E-state index is 12.6. The van der Waals surface area contributed by atoms with E-state index in [0.29, 0.717) is 24.2 Å². The van der Waals surface area contributed by atoms with Gasteiger partial charge in [-0.05, 0) is 36.3 Å². The molecule has 2 rings (SSSR count). The van der Waals surface area contributed by atoms with Gasteiger partial charge in [-0.3, -0.25) is 9.19 Å². The maximum absolute atomic E-state index is 12.6. The van der Waals surface area contributed by atoms with Crippen LogP contribution in [0.25, 0.3) is 0 Å². The molecule has 1 heterocycles. The van der Waals surface area contributed by atoms with Crippen LogP contribution in [0.15, 0.2) is 18.5 Å². The number of methoxy groups -OCH3 is 1. The molecule has 0 radical (unpaired) electrons. The molecule has 0 amide bonds. The first kappa shape index (κ1) is 18.4. The Balaban J connectivity index is 2.16. The van der Waals surface area contributed by atoms with Crippen LogP contribution in [-0.2, 0) is 15.5 Å². The molecule has 130 valence electrons. The molecule has 1 aromatic rings. The van der Waals surface area contributed by atoms with Gasteiger partial charge in [0, 0.05) is 42.9 Å². The van der Waals surface area contributed by atoms with E-state index in [-0.39, 0.29) is 11.3 Å². The molecule has 0 saturated heterocycles. The summed E-state index contributed by atoms with van der Waals surface area (Å²) in [7, 11) is 2.64. The topological polar surface area (TPSA) is 77.2 Å². The van der Waals surface area contributed by atoms with Crippen LogP contribution < -0.4 is 11.1 Å². The Labute approximate surface area is 141 Å². The SMILES string of the molecule is CCC1CC(c2ccncc2NC)CC(N)C1S(=O)CCOC. The molecule has 0 spiro atoms. The molecule has 1 aliphatic carbocycles. The van der Waals surface area contributed by atoms with Crippen LogP contribution in [0, 0.1) is 5.92 Å². The van der Waals surface area contributed by atoms with E-state index < -0.39 is 10.8 Å². The van der Waals surface area contributed by atoms with E-state index >= 15 is 0 Å². The number of anilines is 1. The summed E-state index contributed by atoms with van der Waals surface area (Å²) in [5, 5.41) is 3.30. The molecule has 6 heteroatoms. The van der Waals surface area contributed by atoms with Crippen molar-refractivity contribution in [1.29, 1.82) is 0 Å². The van der Waals surface area contributed by atoms with Crippen molar-refractivity contribution >= 4 is 16.5 Å². The van der Waals surface area contributed by atoms with Crippen LogP contribution >= 0.6 is 0 Å². The highest BCUT2D eigenvalue weighted by Crippen LogP contribution is 2.41. The van der Waals surface area contributed by atoms with Crippen molar-refractivity contribution in [3.63, 3.8) is 0 Å². The highest BCUT2D eigenvalue weighted by Gasteiger charge is 2.39. The van der Waals surface area contributed by atoms with Gasteiger partial charge in [0.1, 0.15) is 0 Å². The van der Waals surface area contributed by atoms with Gasteiger partial charge < -0.3 is 15.8 Å². The molecule has 23 heavy (non-hydrogen) atoms. The fourth-order valence-electron chi connectivity index (χ4n) is 3.74. The number of nitrogens with zero attached hydrogens (tertiary/aromatic N) is 1. The predicted molar refractivity (Wildman–Crippen MR) is 96.2 cm³/mol. The van der Waals surface area contributed by atoms with Crippen molar-refractivity contribution < 1.29 is 8.95 Å². The second-order valence-corrected chi connectivity index (χ2v) is 7.97. The molecular formula is C17H29N3O2S. The minimum atomic E-state index is -0.923. The second-order valence-electron chi connectivity index (χ2n) is 6.26. The van der Waals surface area contributed by atoms with Gasteiger partial charge in [0.05, 0.1) is 23.7 Å². The van der Waals surface area contributed by atoms with Gasteiger partial charge in [0.2, 0.25) is 0 Å². The van der Waals surface area contributed by atoms with E-state index in [1.807, 2.05) is 19.4 Å². The normalized spacial score (nSPS) is 29.2. The Morgan fingerprint density at radius 3 is 2.91 bits per heavy atom. The number of pyridine rings is 1. The summed E-state index contributed by atoms with van der Waals surface area (Å²) in [6, 6.07) is 2.05. The van der Waals surface area contributed by atoms with Gasteiger partial charge in [-0.2, -0.15) is 0 Å². The Morgan fingerprint density at radius 2 is 2.26 bits per heavy atom. The van der Waals surface area contributed by atoms with Crippen molar-refractivity contribution in [2.75, 3.05) is 31.8 Å². The number of hydrogen-bond donors (Lipinski definition) is 2. The summed E-state index contributed by atoms with van der Waals surface area (Å²) in [5.41, 5.74) is 8.81. The third-order valence-corrected chi connectivity index (χ3v) is 6.82. The maximum Gasteiger partial charge on any atom is 0.0577 e. The lowest BCUT2D eigenvalue weighted by atomic mass is 9.74. The average molecular weight is 340 g/mol. The van der Waals surface area contributed by atoms with Gasteiger partial charge in [-0.25, -0.2) is 0 Å². The van der Waals surface area contributed by atoms with Crippen molar-refractivity contribution in [2.24, 2.45) is 11.7 Å². The fourth-order valence-corrected chi connectivity index (χ4v) is 5.58. The Bertz CT molecular complexity index is 526. The first-order chi connectivity index (χ1) is 11.1. The third-order valence-electron chi connectivity index (χ3n) is 4.91. The highest BCUT2D eigenvalue weighted by atomic mass is 32.2. The monoisotopic (exact) mass is 339 g/mol. The number of nitrogens with one attached hydrogen (secondary N) is 1. The summed E-state index contributed by atoms with van der Waals surface area (Å²) in [4.78, 5) is 4.19. The summed E-state index contributed by atoms with van der Waals surface area (Å²) < 4.78 is 17.7. The highest BCUT2D eigenvalue weighted by molar-refractivity contribution is 7.85. The summed E-state index contributed by atoms with van der Waals surface area (Å²) in [6.07, 6.45) is 6.62. The van der Waals surface area contributed by atoms with Crippen LogP contribution in [0.4, 0.5) is 5.69 Å². The van der Waals surface area contributed by atoms with Crippen LogP contribution in [0.5, 0.6) is 0 Å². The van der Waals surface area contributed by atoms with Crippen LogP contribution in [-0.4, -0.2) is 47.0 Å². The molecule has 5 nitrogen and oxygen atoms in total. The molecule has 5 unspecified atom stereocenters. The molecule has 1 fully saturated rings. The van der Waals surface area contributed by atoms with Gasteiger partial charge in [0.15, 0.2) is 0 Å².